The Kier molecular flexibility index (Phi) is 3.07. The van der Waals surface area contributed by atoms with Crippen molar-refractivity contribution in [1.29, 1.82) is 0 Å². The number of thioether (sulfide) groups is 1. The summed E-state index contributed by atoms with van der Waals surface area (Å²) in [6, 6.07) is 4.26. The van der Waals surface area contributed by atoms with Crippen molar-refractivity contribution in [3.63, 3.8) is 0 Å². The summed E-state index contributed by atoms with van der Waals surface area (Å²) < 4.78 is 10.6. The highest BCUT2D eigenvalue weighted by Crippen LogP contribution is 2.42. The minimum atomic E-state index is 0.251. The van der Waals surface area contributed by atoms with Gasteiger partial charge in [0, 0.05) is 11.8 Å². The van der Waals surface area contributed by atoms with E-state index in [9.17, 15) is 0 Å². The normalized spacial score (nSPS) is 19.5. The Labute approximate surface area is 93.9 Å². The molecule has 3 nitrogen and oxygen atoms in total. The predicted octanol–water partition coefficient (Wildman–Crippen LogP) is 1.68. The fourth-order valence-electron chi connectivity index (χ4n) is 1.79. The quantitative estimate of drug-likeness (QED) is 0.831. The lowest BCUT2D eigenvalue weighted by atomic mass is 10.1. The predicted molar refractivity (Wildman–Crippen MR) is 61.9 cm³/mol. The molecular weight excluding hydrogens is 210 g/mol. The molecule has 0 saturated carbocycles. The van der Waals surface area contributed by atoms with Crippen molar-refractivity contribution < 1.29 is 9.47 Å². The van der Waals surface area contributed by atoms with Gasteiger partial charge in [-0.25, -0.2) is 0 Å². The number of ether oxygens (including phenoxy) is 2. The molecule has 0 radical (unpaired) electrons. The molecule has 1 aromatic rings. The van der Waals surface area contributed by atoms with Gasteiger partial charge in [0.15, 0.2) is 11.5 Å². The Balaban J connectivity index is 2.46. The molecule has 0 aliphatic carbocycles. The average molecular weight is 225 g/mol. The zero-order valence-corrected chi connectivity index (χ0v) is 9.76. The molecule has 1 aromatic carbocycles. The van der Waals surface area contributed by atoms with Gasteiger partial charge < -0.3 is 15.2 Å². The van der Waals surface area contributed by atoms with Crippen molar-refractivity contribution in [2.75, 3.05) is 20.0 Å². The lowest BCUT2D eigenvalue weighted by Crippen LogP contribution is -2.28. The summed E-state index contributed by atoms with van der Waals surface area (Å²) in [6.45, 7) is 0. The highest BCUT2D eigenvalue weighted by molar-refractivity contribution is 7.99. The SMILES string of the molecule is COc1ccc2c(c1OC)SCC(N)C2. The summed E-state index contributed by atoms with van der Waals surface area (Å²) in [5.74, 6) is 2.57. The molecule has 1 atom stereocenters. The van der Waals surface area contributed by atoms with E-state index in [4.69, 9.17) is 15.2 Å². The largest absolute Gasteiger partial charge is 0.493 e. The van der Waals surface area contributed by atoms with Gasteiger partial charge in [-0.2, -0.15) is 0 Å². The zero-order valence-electron chi connectivity index (χ0n) is 8.95. The minimum Gasteiger partial charge on any atom is -0.493 e. The summed E-state index contributed by atoms with van der Waals surface area (Å²) in [7, 11) is 3.33. The molecule has 1 heterocycles. The molecule has 0 amide bonds. The van der Waals surface area contributed by atoms with Crippen LogP contribution in [0.3, 0.4) is 0 Å². The molecule has 0 aromatic heterocycles. The van der Waals surface area contributed by atoms with Crippen LogP contribution in [-0.2, 0) is 6.42 Å². The monoisotopic (exact) mass is 225 g/mol. The van der Waals surface area contributed by atoms with Crippen LogP contribution in [0.4, 0.5) is 0 Å². The van der Waals surface area contributed by atoms with Gasteiger partial charge in [0.2, 0.25) is 0 Å². The lowest BCUT2D eigenvalue weighted by Gasteiger charge is -2.23. The Morgan fingerprint density at radius 2 is 2.13 bits per heavy atom. The van der Waals surface area contributed by atoms with E-state index in [0.29, 0.717) is 0 Å². The van der Waals surface area contributed by atoms with Crippen molar-refractivity contribution in [3.05, 3.63) is 17.7 Å². The molecule has 1 unspecified atom stereocenters. The first-order valence-electron chi connectivity index (χ1n) is 4.88. The van der Waals surface area contributed by atoms with Gasteiger partial charge in [-0.05, 0) is 18.1 Å². The van der Waals surface area contributed by atoms with Crippen molar-refractivity contribution in [1.82, 2.24) is 0 Å². The van der Waals surface area contributed by atoms with Crippen LogP contribution in [0.2, 0.25) is 0 Å². The molecule has 0 fully saturated rings. The van der Waals surface area contributed by atoms with Crippen LogP contribution in [0.1, 0.15) is 5.56 Å². The third kappa shape index (κ3) is 1.92. The summed E-state index contributed by atoms with van der Waals surface area (Å²) in [6.07, 6.45) is 0.919. The number of methoxy groups -OCH3 is 2. The molecule has 2 N–H and O–H groups in total. The molecule has 4 heteroatoms. The van der Waals surface area contributed by atoms with Gasteiger partial charge in [0.05, 0.1) is 19.1 Å². The third-order valence-electron chi connectivity index (χ3n) is 2.51. The summed E-state index contributed by atoms with van der Waals surface area (Å²) in [4.78, 5) is 1.18. The van der Waals surface area contributed by atoms with Crippen LogP contribution in [0, 0.1) is 0 Å². The van der Waals surface area contributed by atoms with Gasteiger partial charge in [0.25, 0.3) is 0 Å². The van der Waals surface area contributed by atoms with Gasteiger partial charge in [-0.15, -0.1) is 11.8 Å². The number of rotatable bonds is 2. The second-order valence-electron chi connectivity index (χ2n) is 3.56. The van der Waals surface area contributed by atoms with Gasteiger partial charge in [0.1, 0.15) is 0 Å². The van der Waals surface area contributed by atoms with Crippen LogP contribution < -0.4 is 15.2 Å². The zero-order chi connectivity index (χ0) is 10.8. The molecule has 1 aliphatic heterocycles. The van der Waals surface area contributed by atoms with E-state index in [2.05, 4.69) is 6.07 Å². The lowest BCUT2D eigenvalue weighted by molar-refractivity contribution is 0.346. The molecule has 15 heavy (non-hydrogen) atoms. The first-order valence-corrected chi connectivity index (χ1v) is 5.87. The van der Waals surface area contributed by atoms with E-state index in [1.807, 2.05) is 6.07 Å². The molecule has 82 valence electrons. The number of nitrogens with two attached hydrogens (primary N) is 1. The maximum atomic E-state index is 5.92. The molecule has 1 aliphatic rings. The van der Waals surface area contributed by atoms with Crippen LogP contribution in [-0.4, -0.2) is 26.0 Å². The average Bonchev–Trinajstić information content (AvgIpc) is 2.27. The van der Waals surface area contributed by atoms with Crippen molar-refractivity contribution in [2.45, 2.75) is 17.4 Å². The fourth-order valence-corrected chi connectivity index (χ4v) is 2.94. The van der Waals surface area contributed by atoms with Crippen LogP contribution in [0.15, 0.2) is 17.0 Å². The molecule has 0 bridgehead atoms. The second kappa shape index (κ2) is 4.33. The van der Waals surface area contributed by atoms with Crippen molar-refractivity contribution in [2.24, 2.45) is 5.73 Å². The first-order chi connectivity index (χ1) is 7.26. The first kappa shape index (κ1) is 10.6. The van der Waals surface area contributed by atoms with E-state index in [1.54, 1.807) is 26.0 Å². The maximum Gasteiger partial charge on any atom is 0.174 e. The van der Waals surface area contributed by atoms with E-state index in [0.717, 1.165) is 23.7 Å². The Morgan fingerprint density at radius 3 is 2.80 bits per heavy atom. The van der Waals surface area contributed by atoms with Crippen LogP contribution in [0.25, 0.3) is 0 Å². The van der Waals surface area contributed by atoms with Crippen LogP contribution >= 0.6 is 11.8 Å². The number of fused-ring (bicyclic) bond motifs is 1. The fraction of sp³-hybridized carbons (Fsp3) is 0.455. The molecular formula is C11H15NO2S. The summed E-state index contributed by atoms with van der Waals surface area (Å²) >= 11 is 1.75. The number of hydrogen-bond acceptors (Lipinski definition) is 4. The maximum absolute atomic E-state index is 5.92. The Hall–Kier alpha value is -0.870. The standard InChI is InChI=1S/C11H15NO2S/c1-13-9-4-3-7-5-8(12)6-15-11(7)10(9)14-2/h3-4,8H,5-6,12H2,1-2H3. The smallest absolute Gasteiger partial charge is 0.174 e. The second-order valence-corrected chi connectivity index (χ2v) is 4.59. The van der Waals surface area contributed by atoms with Crippen LogP contribution in [0.5, 0.6) is 11.5 Å². The van der Waals surface area contributed by atoms with Gasteiger partial charge >= 0.3 is 0 Å². The summed E-state index contributed by atoms with van der Waals surface area (Å²) in [5.41, 5.74) is 7.18. The number of benzene rings is 1. The summed E-state index contributed by atoms with van der Waals surface area (Å²) in [5, 5.41) is 0. The van der Waals surface area contributed by atoms with E-state index < -0.39 is 0 Å². The highest BCUT2D eigenvalue weighted by atomic mass is 32.2. The van der Waals surface area contributed by atoms with Crippen molar-refractivity contribution in [3.8, 4) is 11.5 Å². The van der Waals surface area contributed by atoms with Gasteiger partial charge in [-0.3, -0.25) is 0 Å². The van der Waals surface area contributed by atoms with E-state index in [-0.39, 0.29) is 6.04 Å². The number of hydrogen-bond donors (Lipinski definition) is 1. The van der Waals surface area contributed by atoms with Gasteiger partial charge in [-0.1, -0.05) is 6.07 Å². The Bertz CT molecular complexity index is 368. The highest BCUT2D eigenvalue weighted by Gasteiger charge is 2.21. The third-order valence-corrected chi connectivity index (χ3v) is 3.84. The topological polar surface area (TPSA) is 44.5 Å². The molecule has 0 spiro atoms. The molecule has 0 saturated heterocycles. The minimum absolute atomic E-state index is 0.251. The van der Waals surface area contributed by atoms with E-state index >= 15 is 0 Å². The van der Waals surface area contributed by atoms with Crippen molar-refractivity contribution >= 4 is 11.8 Å². The Morgan fingerprint density at radius 1 is 1.33 bits per heavy atom. The molecule has 2 rings (SSSR count). The van der Waals surface area contributed by atoms with E-state index in [1.165, 1.54) is 10.5 Å².